The van der Waals surface area contributed by atoms with Crippen LogP contribution >= 0.6 is 27.0 Å². The van der Waals surface area contributed by atoms with Gasteiger partial charge in [0.2, 0.25) is 0 Å². The molecule has 2 rings (SSSR count). The van der Waals surface area contributed by atoms with Gasteiger partial charge >= 0.3 is 0 Å². The summed E-state index contributed by atoms with van der Waals surface area (Å²) in [4.78, 5) is 0.142. The van der Waals surface area contributed by atoms with Gasteiger partial charge in [-0.3, -0.25) is 4.18 Å². The van der Waals surface area contributed by atoms with Gasteiger partial charge in [0.1, 0.15) is 6.10 Å². The Morgan fingerprint density at radius 2 is 1.86 bits per heavy atom. The van der Waals surface area contributed by atoms with Crippen LogP contribution in [-0.2, 0) is 23.8 Å². The molecule has 0 aliphatic carbocycles. The van der Waals surface area contributed by atoms with Crippen molar-refractivity contribution in [2.75, 3.05) is 19.8 Å². The molecule has 0 unspecified atom stereocenters. The molecule has 126 valence electrons. The van der Waals surface area contributed by atoms with Crippen LogP contribution in [0.3, 0.4) is 0 Å². The number of aryl methyl sites for hydroxylation is 1. The molecule has 1 aromatic carbocycles. The predicted molar refractivity (Wildman–Crippen MR) is 94.8 cm³/mol. The van der Waals surface area contributed by atoms with Crippen molar-refractivity contribution in [1.29, 1.82) is 0 Å². The minimum atomic E-state index is -3.75. The maximum atomic E-state index is 12.0. The summed E-state index contributed by atoms with van der Waals surface area (Å²) in [5.74, 6) is 0. The molecule has 5 nitrogen and oxygen atoms in total. The molecule has 1 heterocycles. The van der Waals surface area contributed by atoms with Crippen LogP contribution in [0.2, 0.25) is 0 Å². The first-order valence-electron chi connectivity index (χ1n) is 6.33. The molecule has 2 atom stereocenters. The van der Waals surface area contributed by atoms with E-state index in [4.69, 9.17) is 13.7 Å². The molecule has 22 heavy (non-hydrogen) atoms. The molecular weight excluding hydrogens is 344 g/mol. The van der Waals surface area contributed by atoms with Crippen molar-refractivity contribution >= 4 is 37.1 Å². The van der Waals surface area contributed by atoms with Crippen LogP contribution in [0.25, 0.3) is 0 Å². The van der Waals surface area contributed by atoms with Crippen LogP contribution in [-0.4, -0.2) is 40.4 Å². The summed E-state index contributed by atoms with van der Waals surface area (Å²) < 4.78 is 39.8. The fourth-order valence-electron chi connectivity index (χ4n) is 1.73. The number of hydrogen-bond acceptors (Lipinski definition) is 5. The molecule has 0 saturated carbocycles. The lowest BCUT2D eigenvalue weighted by molar-refractivity contribution is -0.126. The highest BCUT2D eigenvalue weighted by atomic mass is 32.2. The number of ether oxygens (including phenoxy) is 2. The van der Waals surface area contributed by atoms with Gasteiger partial charge in [0.05, 0.1) is 30.8 Å². The fourth-order valence-corrected chi connectivity index (χ4v) is 2.67. The van der Waals surface area contributed by atoms with Gasteiger partial charge < -0.3 is 9.47 Å². The zero-order chi connectivity index (χ0) is 14.6. The van der Waals surface area contributed by atoms with E-state index in [9.17, 15) is 8.42 Å². The molecule has 0 amide bonds. The number of rotatable bonds is 5. The largest absolute Gasteiger partial charge is 0.370 e. The summed E-state index contributed by atoms with van der Waals surface area (Å²) in [5.41, 5.74) is 0.989. The van der Waals surface area contributed by atoms with Gasteiger partial charge in [-0.25, -0.2) is 0 Å². The molecule has 1 aliphatic rings. The molecule has 0 N–H and O–H groups in total. The maximum Gasteiger partial charge on any atom is 0.297 e. The molecule has 0 aromatic heterocycles. The minimum absolute atomic E-state index is 0. The lowest BCUT2D eigenvalue weighted by atomic mass is 10.2. The molecule has 1 aromatic rings. The Balaban J connectivity index is 0.00000220. The van der Waals surface area contributed by atoms with Crippen molar-refractivity contribution in [3.8, 4) is 0 Å². The Morgan fingerprint density at radius 1 is 1.23 bits per heavy atom. The van der Waals surface area contributed by atoms with E-state index in [1.54, 1.807) is 18.2 Å². The van der Waals surface area contributed by atoms with Crippen molar-refractivity contribution < 1.29 is 22.1 Å². The molecule has 1 aliphatic heterocycles. The van der Waals surface area contributed by atoms with Gasteiger partial charge in [-0.15, -0.1) is 6.58 Å². The second-order valence-electron chi connectivity index (χ2n) is 4.61. The highest BCUT2D eigenvalue weighted by Crippen LogP contribution is 2.15. The maximum absolute atomic E-state index is 12.0. The van der Waals surface area contributed by atoms with Crippen molar-refractivity contribution in [1.82, 2.24) is 0 Å². The second-order valence-corrected chi connectivity index (χ2v) is 6.23. The first-order valence-corrected chi connectivity index (χ1v) is 7.74. The SMILES string of the molecule is C=C[C@H]1CO[C@H](COS(=O)(=O)c2ccc(C)cc2)CO1.S.S. The lowest BCUT2D eigenvalue weighted by Gasteiger charge is -2.27. The summed E-state index contributed by atoms with van der Waals surface area (Å²) in [6.45, 7) is 6.10. The van der Waals surface area contributed by atoms with Crippen molar-refractivity contribution in [2.45, 2.75) is 24.0 Å². The third-order valence-corrected chi connectivity index (χ3v) is 4.27. The van der Waals surface area contributed by atoms with Crippen LogP contribution in [0, 0.1) is 6.92 Å². The minimum Gasteiger partial charge on any atom is -0.370 e. The monoisotopic (exact) mass is 366 g/mol. The fraction of sp³-hybridized carbons (Fsp3) is 0.429. The van der Waals surface area contributed by atoms with Crippen LogP contribution in [0.15, 0.2) is 41.8 Å². The van der Waals surface area contributed by atoms with Crippen LogP contribution < -0.4 is 0 Å². The molecule has 1 saturated heterocycles. The van der Waals surface area contributed by atoms with E-state index < -0.39 is 10.1 Å². The summed E-state index contributed by atoms with van der Waals surface area (Å²) in [6, 6.07) is 6.50. The first kappa shape index (κ1) is 21.5. The average molecular weight is 367 g/mol. The van der Waals surface area contributed by atoms with E-state index in [1.165, 1.54) is 12.1 Å². The van der Waals surface area contributed by atoms with Gasteiger partial charge in [-0.05, 0) is 19.1 Å². The van der Waals surface area contributed by atoms with Gasteiger partial charge in [0.15, 0.2) is 0 Å². The number of hydrogen-bond donors (Lipinski definition) is 0. The summed E-state index contributed by atoms with van der Waals surface area (Å²) in [5, 5.41) is 0. The highest BCUT2D eigenvalue weighted by Gasteiger charge is 2.23. The topological polar surface area (TPSA) is 61.8 Å². The second kappa shape index (κ2) is 9.59. The molecule has 0 spiro atoms. The van der Waals surface area contributed by atoms with Crippen molar-refractivity contribution in [2.24, 2.45) is 0 Å². The van der Waals surface area contributed by atoms with E-state index >= 15 is 0 Å². The third kappa shape index (κ3) is 5.94. The van der Waals surface area contributed by atoms with Crippen molar-refractivity contribution in [3.05, 3.63) is 42.5 Å². The van der Waals surface area contributed by atoms with E-state index in [2.05, 4.69) is 6.58 Å². The third-order valence-electron chi connectivity index (χ3n) is 2.97. The zero-order valence-electron chi connectivity index (χ0n) is 12.3. The molecular formula is C14H22O5S3. The van der Waals surface area contributed by atoms with E-state index in [1.807, 2.05) is 6.92 Å². The van der Waals surface area contributed by atoms with Crippen molar-refractivity contribution in [3.63, 3.8) is 0 Å². The Kier molecular flexibility index (Phi) is 9.37. The van der Waals surface area contributed by atoms with Gasteiger partial charge in [-0.2, -0.15) is 35.4 Å². The molecule has 0 bridgehead atoms. The van der Waals surface area contributed by atoms with Crippen LogP contribution in [0.4, 0.5) is 0 Å². The van der Waals surface area contributed by atoms with Crippen LogP contribution in [0.1, 0.15) is 5.56 Å². The number of benzene rings is 1. The van der Waals surface area contributed by atoms with Crippen LogP contribution in [0.5, 0.6) is 0 Å². The highest BCUT2D eigenvalue weighted by molar-refractivity contribution is 7.86. The van der Waals surface area contributed by atoms with E-state index in [0.29, 0.717) is 13.2 Å². The molecule has 0 radical (unpaired) electrons. The van der Waals surface area contributed by atoms with E-state index in [-0.39, 0.29) is 50.7 Å². The smallest absolute Gasteiger partial charge is 0.297 e. The summed E-state index contributed by atoms with van der Waals surface area (Å²) in [6.07, 6.45) is 1.13. The quantitative estimate of drug-likeness (QED) is 0.588. The predicted octanol–water partition coefficient (Wildman–Crippen LogP) is 1.90. The molecule has 1 fully saturated rings. The van der Waals surface area contributed by atoms with E-state index in [0.717, 1.165) is 5.56 Å². The van der Waals surface area contributed by atoms with Gasteiger partial charge in [0, 0.05) is 0 Å². The van der Waals surface area contributed by atoms with Gasteiger partial charge in [-0.1, -0.05) is 23.8 Å². The van der Waals surface area contributed by atoms with Gasteiger partial charge in [0.25, 0.3) is 10.1 Å². The first-order chi connectivity index (χ1) is 9.51. The summed E-state index contributed by atoms with van der Waals surface area (Å²) >= 11 is 0. The zero-order valence-corrected chi connectivity index (χ0v) is 15.1. The Bertz CT molecular complexity index is 548. The molecule has 8 heteroatoms. The standard InChI is InChI=1S/C14H18O5S.2H2S/c1-3-12-8-18-13(9-17-12)10-19-20(15,16)14-6-4-11(2)5-7-14;;/h3-7,12-13H,1,8-10H2,2H3;2*1H2/t12-,13-;;/m0../s1. The normalized spacial score (nSPS) is 21.3. The average Bonchev–Trinajstić information content (AvgIpc) is 2.46. The Hall–Kier alpha value is -0.510. The lowest BCUT2D eigenvalue weighted by Crippen LogP contribution is -2.37. The summed E-state index contributed by atoms with van der Waals surface area (Å²) in [7, 11) is -3.75. The Labute approximate surface area is 145 Å². The Morgan fingerprint density at radius 3 is 2.36 bits per heavy atom.